The third kappa shape index (κ3) is 2.79. The van der Waals surface area contributed by atoms with Crippen LogP contribution in [0.1, 0.15) is 13.8 Å². The number of ether oxygens (including phenoxy) is 1. The van der Waals surface area contributed by atoms with E-state index in [-0.39, 0.29) is 18.3 Å². The van der Waals surface area contributed by atoms with Crippen LogP contribution in [-0.2, 0) is 4.74 Å². The van der Waals surface area contributed by atoms with Crippen LogP contribution in [-0.4, -0.2) is 46.5 Å². The van der Waals surface area contributed by atoms with Crippen LogP contribution in [0.25, 0.3) is 0 Å². The summed E-state index contributed by atoms with van der Waals surface area (Å²) in [5, 5.41) is 9.36. The van der Waals surface area contributed by atoms with Crippen LogP contribution >= 0.6 is 12.2 Å². The second kappa shape index (κ2) is 3.77. The second-order valence-corrected chi connectivity index (χ2v) is 4.32. The molecule has 1 heterocycles. The van der Waals surface area contributed by atoms with Crippen LogP contribution in [0.2, 0.25) is 0 Å². The lowest BCUT2D eigenvalue weighted by atomic mass is 10.1. The molecule has 0 aliphatic carbocycles. The van der Waals surface area contributed by atoms with Gasteiger partial charge >= 0.3 is 0 Å². The van der Waals surface area contributed by atoms with Gasteiger partial charge in [0.1, 0.15) is 0 Å². The molecule has 0 aromatic rings. The average Bonchev–Trinajstić information content (AvgIpc) is 2.01. The highest BCUT2D eigenvalue weighted by Crippen LogP contribution is 2.20. The SMILES string of the molecule is CC1(C)CN(C(N)=S)CC(CO)O1. The Balaban J connectivity index is 2.65. The molecular formula is C8H16N2O2S. The molecule has 1 unspecified atom stereocenters. The lowest BCUT2D eigenvalue weighted by Gasteiger charge is -2.42. The van der Waals surface area contributed by atoms with Gasteiger partial charge < -0.3 is 20.5 Å². The summed E-state index contributed by atoms with van der Waals surface area (Å²) in [5.74, 6) is 0. The van der Waals surface area contributed by atoms with Crippen molar-refractivity contribution in [2.75, 3.05) is 19.7 Å². The van der Waals surface area contributed by atoms with Crippen molar-refractivity contribution in [3.05, 3.63) is 0 Å². The minimum atomic E-state index is -0.297. The molecule has 5 heteroatoms. The van der Waals surface area contributed by atoms with E-state index in [1.54, 1.807) is 0 Å². The number of hydrogen-bond donors (Lipinski definition) is 2. The van der Waals surface area contributed by atoms with E-state index in [0.29, 0.717) is 18.2 Å². The second-order valence-electron chi connectivity index (χ2n) is 3.90. The van der Waals surface area contributed by atoms with E-state index in [9.17, 15) is 0 Å². The van der Waals surface area contributed by atoms with Gasteiger partial charge in [0.25, 0.3) is 0 Å². The van der Waals surface area contributed by atoms with Crippen molar-refractivity contribution >= 4 is 17.3 Å². The van der Waals surface area contributed by atoms with E-state index in [4.69, 9.17) is 27.8 Å². The topological polar surface area (TPSA) is 58.7 Å². The third-order valence-electron chi connectivity index (χ3n) is 2.00. The van der Waals surface area contributed by atoms with Crippen LogP contribution in [0.3, 0.4) is 0 Å². The quantitative estimate of drug-likeness (QED) is 0.574. The van der Waals surface area contributed by atoms with Gasteiger partial charge in [-0.2, -0.15) is 0 Å². The van der Waals surface area contributed by atoms with Crippen molar-refractivity contribution in [2.24, 2.45) is 5.73 Å². The number of nitrogens with zero attached hydrogens (tertiary/aromatic N) is 1. The van der Waals surface area contributed by atoms with E-state index in [1.807, 2.05) is 18.7 Å². The molecule has 1 atom stereocenters. The van der Waals surface area contributed by atoms with E-state index in [2.05, 4.69) is 0 Å². The van der Waals surface area contributed by atoms with Gasteiger partial charge in [0.05, 0.1) is 18.3 Å². The number of aliphatic hydroxyl groups is 1. The highest BCUT2D eigenvalue weighted by molar-refractivity contribution is 7.80. The molecular weight excluding hydrogens is 188 g/mol. The minimum Gasteiger partial charge on any atom is -0.394 e. The fourth-order valence-corrected chi connectivity index (χ4v) is 1.70. The fourth-order valence-electron chi connectivity index (χ4n) is 1.56. The lowest BCUT2D eigenvalue weighted by molar-refractivity contribution is -0.134. The van der Waals surface area contributed by atoms with E-state index < -0.39 is 0 Å². The van der Waals surface area contributed by atoms with Gasteiger partial charge in [-0.05, 0) is 26.1 Å². The third-order valence-corrected chi connectivity index (χ3v) is 2.25. The molecule has 13 heavy (non-hydrogen) atoms. The average molecular weight is 204 g/mol. The van der Waals surface area contributed by atoms with Gasteiger partial charge in [-0.3, -0.25) is 0 Å². The molecule has 0 bridgehead atoms. The van der Waals surface area contributed by atoms with Gasteiger partial charge in [-0.1, -0.05) is 0 Å². The predicted octanol–water partition coefficient (Wildman–Crippen LogP) is -0.298. The van der Waals surface area contributed by atoms with Crippen LogP contribution in [0.4, 0.5) is 0 Å². The summed E-state index contributed by atoms with van der Waals surface area (Å²) in [6.45, 7) is 5.18. The molecule has 0 spiro atoms. The number of thiocarbonyl (C=S) groups is 1. The predicted molar refractivity (Wildman–Crippen MR) is 54.4 cm³/mol. The Bertz CT molecular complexity index is 208. The normalized spacial score (nSPS) is 27.3. The Morgan fingerprint density at radius 1 is 1.77 bits per heavy atom. The largest absolute Gasteiger partial charge is 0.394 e. The molecule has 0 aromatic carbocycles. The number of nitrogens with two attached hydrogens (primary N) is 1. The maximum Gasteiger partial charge on any atom is 0.166 e. The van der Waals surface area contributed by atoms with Crippen molar-refractivity contribution < 1.29 is 9.84 Å². The summed E-state index contributed by atoms with van der Waals surface area (Å²) in [6, 6.07) is 0. The van der Waals surface area contributed by atoms with Crippen molar-refractivity contribution in [2.45, 2.75) is 25.6 Å². The first-order chi connectivity index (χ1) is 5.94. The van der Waals surface area contributed by atoms with Gasteiger partial charge in [-0.15, -0.1) is 0 Å². The summed E-state index contributed by atoms with van der Waals surface area (Å²) in [4.78, 5) is 1.86. The highest BCUT2D eigenvalue weighted by Gasteiger charge is 2.33. The first-order valence-corrected chi connectivity index (χ1v) is 4.68. The Kier molecular flexibility index (Phi) is 3.10. The maximum absolute atomic E-state index is 8.99. The summed E-state index contributed by atoms with van der Waals surface area (Å²) >= 11 is 4.89. The monoisotopic (exact) mass is 204 g/mol. The lowest BCUT2D eigenvalue weighted by Crippen LogP contribution is -2.56. The molecule has 1 fully saturated rings. The van der Waals surface area contributed by atoms with Crippen LogP contribution < -0.4 is 5.73 Å². The first-order valence-electron chi connectivity index (χ1n) is 4.27. The summed E-state index contributed by atoms with van der Waals surface area (Å²) in [6.07, 6.45) is -0.190. The number of morpholine rings is 1. The van der Waals surface area contributed by atoms with Crippen molar-refractivity contribution in [3.8, 4) is 0 Å². The Labute approximate surface area is 83.7 Å². The zero-order chi connectivity index (χ0) is 10.1. The number of hydrogen-bond acceptors (Lipinski definition) is 3. The Morgan fingerprint density at radius 2 is 2.38 bits per heavy atom. The summed E-state index contributed by atoms with van der Waals surface area (Å²) in [5.41, 5.74) is 5.23. The molecule has 3 N–H and O–H groups in total. The molecule has 0 saturated carbocycles. The highest BCUT2D eigenvalue weighted by atomic mass is 32.1. The molecule has 0 amide bonds. The molecule has 4 nitrogen and oxygen atoms in total. The van der Waals surface area contributed by atoms with Crippen LogP contribution in [0.5, 0.6) is 0 Å². The molecule has 1 aliphatic heterocycles. The van der Waals surface area contributed by atoms with Crippen molar-refractivity contribution in [3.63, 3.8) is 0 Å². The van der Waals surface area contributed by atoms with Crippen LogP contribution in [0, 0.1) is 0 Å². The Morgan fingerprint density at radius 3 is 2.85 bits per heavy atom. The zero-order valence-electron chi connectivity index (χ0n) is 7.99. The number of aliphatic hydroxyl groups excluding tert-OH is 1. The molecule has 1 saturated heterocycles. The van der Waals surface area contributed by atoms with Crippen molar-refractivity contribution in [1.29, 1.82) is 0 Å². The fraction of sp³-hybridized carbons (Fsp3) is 0.875. The maximum atomic E-state index is 8.99. The molecule has 1 rings (SSSR count). The molecule has 0 radical (unpaired) electrons. The van der Waals surface area contributed by atoms with Gasteiger partial charge in [0.15, 0.2) is 5.11 Å². The van der Waals surface area contributed by atoms with Gasteiger partial charge in [0, 0.05) is 13.1 Å². The first kappa shape index (κ1) is 10.7. The van der Waals surface area contributed by atoms with E-state index in [0.717, 1.165) is 0 Å². The van der Waals surface area contributed by atoms with Gasteiger partial charge in [-0.25, -0.2) is 0 Å². The summed E-state index contributed by atoms with van der Waals surface area (Å²) in [7, 11) is 0. The summed E-state index contributed by atoms with van der Waals surface area (Å²) < 4.78 is 5.60. The van der Waals surface area contributed by atoms with Crippen molar-refractivity contribution in [1.82, 2.24) is 4.90 Å². The molecule has 76 valence electrons. The van der Waals surface area contributed by atoms with E-state index in [1.165, 1.54) is 0 Å². The van der Waals surface area contributed by atoms with Crippen LogP contribution in [0.15, 0.2) is 0 Å². The molecule has 1 aliphatic rings. The zero-order valence-corrected chi connectivity index (χ0v) is 8.80. The van der Waals surface area contributed by atoms with Gasteiger partial charge in [0.2, 0.25) is 0 Å². The minimum absolute atomic E-state index is 0.00252. The smallest absolute Gasteiger partial charge is 0.166 e. The Hall–Kier alpha value is -0.390. The number of rotatable bonds is 1. The standard InChI is InChI=1S/C8H16N2O2S/c1-8(2)5-10(7(9)13)3-6(4-11)12-8/h6,11H,3-5H2,1-2H3,(H2,9,13). The molecule has 0 aromatic heterocycles. The van der Waals surface area contributed by atoms with E-state index >= 15 is 0 Å².